The second kappa shape index (κ2) is 8.85. The van der Waals surface area contributed by atoms with Crippen LogP contribution in [-0.4, -0.2) is 31.4 Å². The number of hydrogen-bond acceptors (Lipinski definition) is 4. The van der Waals surface area contributed by atoms with Gasteiger partial charge in [0.2, 0.25) is 5.78 Å². The number of hydrogen-bond donors (Lipinski definition) is 0. The molecule has 0 atom stereocenters. The first-order chi connectivity index (χ1) is 14.1. The fourth-order valence-electron chi connectivity index (χ4n) is 3.51. The molecule has 2 heterocycles. The third kappa shape index (κ3) is 5.17. The second-order valence-corrected chi connectivity index (χ2v) is 7.57. The molecule has 1 aromatic heterocycles. The van der Waals surface area contributed by atoms with Gasteiger partial charge in [-0.15, -0.1) is 0 Å². The summed E-state index contributed by atoms with van der Waals surface area (Å²) in [5.74, 6) is -0.409. The van der Waals surface area contributed by atoms with Gasteiger partial charge in [-0.1, -0.05) is 17.7 Å². The summed E-state index contributed by atoms with van der Waals surface area (Å²) in [5.41, 5.74) is 1.61. The molecule has 8 heteroatoms. The van der Waals surface area contributed by atoms with E-state index in [4.69, 9.17) is 4.74 Å². The van der Waals surface area contributed by atoms with Crippen LogP contribution in [0.15, 0.2) is 36.5 Å². The number of aryl methyl sites for hydroxylation is 2. The van der Waals surface area contributed by atoms with Gasteiger partial charge in [0, 0.05) is 11.6 Å². The number of halogens is 3. The lowest BCUT2D eigenvalue weighted by Gasteiger charge is -2.26. The highest BCUT2D eigenvalue weighted by Crippen LogP contribution is 2.29. The number of aromatic amines is 1. The number of alkyl halides is 3. The number of carbonyl (C=O) groups excluding carboxylic acids is 2. The van der Waals surface area contributed by atoms with E-state index >= 15 is 0 Å². The largest absolute Gasteiger partial charge is 0.457 e. The smallest absolute Gasteiger partial charge is 0.419 e. The summed E-state index contributed by atoms with van der Waals surface area (Å²) in [6.07, 6.45) is -2.44. The molecule has 0 aliphatic carbocycles. The van der Waals surface area contributed by atoms with E-state index in [0.29, 0.717) is 37.3 Å². The minimum atomic E-state index is -4.39. The molecule has 30 heavy (non-hydrogen) atoms. The quantitative estimate of drug-likeness (QED) is 0.545. The number of H-pyrrole nitrogens is 1. The van der Waals surface area contributed by atoms with Crippen LogP contribution in [0.3, 0.4) is 0 Å². The number of ether oxygens (including phenoxy) is 1. The van der Waals surface area contributed by atoms with Gasteiger partial charge in [-0.25, -0.2) is 4.98 Å². The predicted molar refractivity (Wildman–Crippen MR) is 104 cm³/mol. The maximum Gasteiger partial charge on any atom is 0.419 e. The Balaban J connectivity index is 1.50. The van der Waals surface area contributed by atoms with Crippen LogP contribution in [0.2, 0.25) is 0 Å². The number of piperidine rings is 1. The Morgan fingerprint density at radius 3 is 2.43 bits per heavy atom. The van der Waals surface area contributed by atoms with Gasteiger partial charge >= 0.3 is 12.1 Å². The zero-order chi connectivity index (χ0) is 21.9. The highest BCUT2D eigenvalue weighted by atomic mass is 19.4. The van der Waals surface area contributed by atoms with E-state index in [9.17, 15) is 22.8 Å². The fourth-order valence-corrected chi connectivity index (χ4v) is 3.51. The first kappa shape index (κ1) is 21.8. The molecule has 3 rings (SSSR count). The molecule has 1 aliphatic rings. The summed E-state index contributed by atoms with van der Waals surface area (Å²) in [6.45, 7) is 4.45. The van der Waals surface area contributed by atoms with Crippen molar-refractivity contribution in [3.05, 3.63) is 58.8 Å². The molecule has 5 nitrogen and oxygen atoms in total. The number of nitrogens with zero attached hydrogens (tertiary/aromatic N) is 1. The Morgan fingerprint density at radius 2 is 1.83 bits per heavy atom. The van der Waals surface area contributed by atoms with E-state index in [-0.39, 0.29) is 18.3 Å². The number of ketones is 1. The average Bonchev–Trinajstić information content (AvgIpc) is 2.73. The monoisotopic (exact) mass is 421 g/mol. The summed E-state index contributed by atoms with van der Waals surface area (Å²) in [6, 6.07) is 7.98. The maximum absolute atomic E-state index is 12.7. The fraction of sp³-hybridized carbons (Fsp3) is 0.409. The minimum absolute atomic E-state index is 0.235. The number of nitrogens with one attached hydrogen (secondary N) is 1. The van der Waals surface area contributed by atoms with Crippen LogP contribution in [0.5, 0.6) is 0 Å². The van der Waals surface area contributed by atoms with Crippen molar-refractivity contribution in [3.8, 4) is 0 Å². The summed E-state index contributed by atoms with van der Waals surface area (Å²) >= 11 is 0. The number of aromatic nitrogens is 1. The van der Waals surface area contributed by atoms with Crippen molar-refractivity contribution in [1.29, 1.82) is 0 Å². The number of rotatable bonds is 5. The predicted octanol–water partition coefficient (Wildman–Crippen LogP) is 3.78. The van der Waals surface area contributed by atoms with Crippen molar-refractivity contribution < 1.29 is 32.5 Å². The Hall–Kier alpha value is -2.90. The lowest BCUT2D eigenvalue weighted by atomic mass is 9.97. The standard InChI is InChI=1S/C22H23F3N2O3/c1-14-3-4-15(2)18(11-14)19(28)13-30-21(29)16-7-9-27(10-8-16)20-6-5-17(12-26-20)22(23,24)25/h3-6,11-12,16H,7-10,13H2,1-2H3/p+1. The molecule has 1 saturated heterocycles. The number of carbonyl (C=O) groups is 2. The van der Waals surface area contributed by atoms with Crippen LogP contribution < -0.4 is 9.88 Å². The Morgan fingerprint density at radius 1 is 1.13 bits per heavy atom. The van der Waals surface area contributed by atoms with E-state index in [0.717, 1.165) is 23.4 Å². The van der Waals surface area contributed by atoms with Crippen molar-refractivity contribution >= 4 is 17.6 Å². The van der Waals surface area contributed by atoms with E-state index in [1.54, 1.807) is 6.07 Å². The van der Waals surface area contributed by atoms with Gasteiger partial charge in [0.05, 0.1) is 24.6 Å². The van der Waals surface area contributed by atoms with Gasteiger partial charge in [0.15, 0.2) is 6.61 Å². The van der Waals surface area contributed by atoms with Crippen molar-refractivity contribution in [2.24, 2.45) is 5.92 Å². The Bertz CT molecular complexity index is 918. The normalized spacial score (nSPS) is 15.2. The van der Waals surface area contributed by atoms with Crippen LogP contribution in [-0.2, 0) is 15.7 Å². The third-order valence-corrected chi connectivity index (χ3v) is 5.33. The van der Waals surface area contributed by atoms with Crippen molar-refractivity contribution in [2.45, 2.75) is 32.9 Å². The van der Waals surface area contributed by atoms with Crippen molar-refractivity contribution in [1.82, 2.24) is 0 Å². The summed E-state index contributed by atoms with van der Waals surface area (Å²) in [5, 5.41) is 0. The zero-order valence-electron chi connectivity index (χ0n) is 16.9. The SMILES string of the molecule is Cc1ccc(C)c(C(=O)COC(=O)C2CCN(c3ccc(C(F)(F)F)c[nH+]3)CC2)c1. The van der Waals surface area contributed by atoms with Gasteiger partial charge in [0.1, 0.15) is 6.20 Å². The number of benzene rings is 1. The maximum atomic E-state index is 12.7. The number of pyridine rings is 1. The molecule has 0 radical (unpaired) electrons. The van der Waals surface area contributed by atoms with Gasteiger partial charge in [-0.3, -0.25) is 14.5 Å². The molecule has 1 aliphatic heterocycles. The van der Waals surface area contributed by atoms with E-state index < -0.39 is 17.7 Å². The molecule has 1 aromatic carbocycles. The molecule has 0 amide bonds. The molecule has 1 N–H and O–H groups in total. The molecular weight excluding hydrogens is 397 g/mol. The molecular formula is C22H24F3N2O3+. The van der Waals surface area contributed by atoms with E-state index in [2.05, 4.69) is 4.98 Å². The Kier molecular flexibility index (Phi) is 6.43. The second-order valence-electron chi connectivity index (χ2n) is 7.57. The van der Waals surface area contributed by atoms with E-state index in [1.165, 1.54) is 6.07 Å². The van der Waals surface area contributed by atoms with Gasteiger partial charge in [0.25, 0.3) is 5.82 Å². The summed E-state index contributed by atoms with van der Waals surface area (Å²) < 4.78 is 43.3. The van der Waals surface area contributed by atoms with Gasteiger partial charge < -0.3 is 4.74 Å². The van der Waals surface area contributed by atoms with Crippen LogP contribution in [0.4, 0.5) is 19.0 Å². The molecule has 0 saturated carbocycles. The summed E-state index contributed by atoms with van der Waals surface area (Å²) in [7, 11) is 0. The highest BCUT2D eigenvalue weighted by molar-refractivity contribution is 5.99. The van der Waals surface area contributed by atoms with E-state index in [1.807, 2.05) is 30.9 Å². The first-order valence-electron chi connectivity index (χ1n) is 9.76. The minimum Gasteiger partial charge on any atom is -0.457 e. The van der Waals surface area contributed by atoms with Crippen LogP contribution in [0, 0.1) is 19.8 Å². The molecule has 0 bridgehead atoms. The third-order valence-electron chi connectivity index (χ3n) is 5.33. The van der Waals surface area contributed by atoms with Crippen LogP contribution in [0.1, 0.15) is 39.9 Å². The lowest BCUT2D eigenvalue weighted by molar-refractivity contribution is -0.367. The molecule has 0 unspecified atom stereocenters. The number of Topliss-reactive ketones (excluding diaryl/α,β-unsaturated/α-hetero) is 1. The number of anilines is 1. The highest BCUT2D eigenvalue weighted by Gasteiger charge is 2.34. The molecule has 160 valence electrons. The van der Waals surface area contributed by atoms with Crippen molar-refractivity contribution in [2.75, 3.05) is 24.6 Å². The topological polar surface area (TPSA) is 60.8 Å². The lowest BCUT2D eigenvalue weighted by Crippen LogP contribution is -2.39. The zero-order valence-corrected chi connectivity index (χ0v) is 16.9. The number of esters is 1. The first-order valence-corrected chi connectivity index (χ1v) is 9.76. The van der Waals surface area contributed by atoms with Crippen LogP contribution >= 0.6 is 0 Å². The van der Waals surface area contributed by atoms with Crippen molar-refractivity contribution in [3.63, 3.8) is 0 Å². The average molecular weight is 421 g/mol. The van der Waals surface area contributed by atoms with Gasteiger partial charge in [-0.05, 0) is 44.4 Å². The van der Waals surface area contributed by atoms with Crippen LogP contribution in [0.25, 0.3) is 0 Å². The summed E-state index contributed by atoms with van der Waals surface area (Å²) in [4.78, 5) is 29.3. The molecule has 1 fully saturated rings. The molecule has 0 spiro atoms. The Labute approximate surface area is 172 Å². The molecule has 2 aromatic rings. The van der Waals surface area contributed by atoms with Gasteiger partial charge in [-0.2, -0.15) is 13.2 Å².